The molecule has 5 rings (SSSR count). The van der Waals surface area contributed by atoms with Gasteiger partial charge >= 0.3 is 0 Å². The number of likely N-dealkylation sites (N-methyl/N-ethyl adjacent to an activating group) is 1. The zero-order valence-corrected chi connectivity index (χ0v) is 20.6. The van der Waals surface area contributed by atoms with Crippen LogP contribution in [0, 0.1) is 5.41 Å². The van der Waals surface area contributed by atoms with Gasteiger partial charge in [-0.25, -0.2) is 0 Å². The van der Waals surface area contributed by atoms with E-state index in [1.165, 1.54) is 11.3 Å². The molecule has 180 valence electrons. The molecule has 0 bridgehead atoms. The second kappa shape index (κ2) is 8.27. The summed E-state index contributed by atoms with van der Waals surface area (Å²) in [7, 11) is 1.76. The van der Waals surface area contributed by atoms with Gasteiger partial charge in [-0.1, -0.05) is 19.9 Å². The third-order valence-corrected chi connectivity index (χ3v) is 7.36. The van der Waals surface area contributed by atoms with Gasteiger partial charge in [0.15, 0.2) is 0 Å². The number of nitrogens with one attached hydrogen (secondary N) is 2. The third kappa shape index (κ3) is 3.90. The summed E-state index contributed by atoms with van der Waals surface area (Å²) in [6, 6.07) is 7.37. The van der Waals surface area contributed by atoms with Crippen LogP contribution in [-0.4, -0.2) is 64.2 Å². The summed E-state index contributed by atoms with van der Waals surface area (Å²) in [6.07, 6.45) is 3.17. The summed E-state index contributed by atoms with van der Waals surface area (Å²) in [5.74, 6) is -0.277. The van der Waals surface area contributed by atoms with Gasteiger partial charge in [-0.15, -0.1) is 0 Å². The summed E-state index contributed by atoms with van der Waals surface area (Å²) in [5.41, 5.74) is 6.53. The molecule has 34 heavy (non-hydrogen) atoms. The van der Waals surface area contributed by atoms with Crippen LogP contribution in [0.4, 0.5) is 5.69 Å². The van der Waals surface area contributed by atoms with Crippen molar-refractivity contribution in [2.45, 2.75) is 59.0 Å². The van der Waals surface area contributed by atoms with Crippen LogP contribution in [0.5, 0.6) is 0 Å². The summed E-state index contributed by atoms with van der Waals surface area (Å²) in [6.45, 7) is 8.76. The van der Waals surface area contributed by atoms with Crippen molar-refractivity contribution in [1.82, 2.24) is 20.1 Å². The Bertz CT molecular complexity index is 1260. The lowest BCUT2D eigenvalue weighted by Crippen LogP contribution is -2.57. The van der Waals surface area contributed by atoms with Crippen LogP contribution < -0.4 is 4.90 Å². The van der Waals surface area contributed by atoms with Crippen LogP contribution in [0.25, 0.3) is 22.3 Å². The maximum atomic E-state index is 13.2. The van der Waals surface area contributed by atoms with Crippen LogP contribution in [0.3, 0.4) is 0 Å². The minimum atomic E-state index is -0.564. The number of ether oxygens (including phenoxy) is 1. The molecule has 1 fully saturated rings. The first kappa shape index (κ1) is 22.7. The Morgan fingerprint density at radius 3 is 2.88 bits per heavy atom. The van der Waals surface area contributed by atoms with Gasteiger partial charge in [-0.3, -0.25) is 14.7 Å². The van der Waals surface area contributed by atoms with Gasteiger partial charge in [-0.05, 0) is 56.7 Å². The van der Waals surface area contributed by atoms with Crippen LogP contribution in [0.15, 0.2) is 24.3 Å². The molecule has 1 aliphatic carbocycles. The van der Waals surface area contributed by atoms with Crippen molar-refractivity contribution in [3.63, 3.8) is 0 Å². The number of fused-ring (bicyclic) bond motifs is 2. The van der Waals surface area contributed by atoms with Crippen LogP contribution in [0.2, 0.25) is 0 Å². The average molecular weight is 464 g/mol. The van der Waals surface area contributed by atoms with Gasteiger partial charge in [-0.2, -0.15) is 5.10 Å². The Balaban J connectivity index is 1.40. The number of H-pyrrole nitrogens is 2. The van der Waals surface area contributed by atoms with Gasteiger partial charge in [0.25, 0.3) is 0 Å². The molecule has 1 aliphatic heterocycles. The molecule has 8 heteroatoms. The van der Waals surface area contributed by atoms with Crippen molar-refractivity contribution in [2.75, 3.05) is 25.2 Å². The predicted octanol–water partition coefficient (Wildman–Crippen LogP) is 3.67. The highest BCUT2D eigenvalue weighted by molar-refractivity contribution is 6.00. The number of nitrogens with zero attached hydrogens (tertiary/aromatic N) is 3. The maximum Gasteiger partial charge on any atom is 0.249 e. The van der Waals surface area contributed by atoms with E-state index < -0.39 is 6.04 Å². The minimum Gasteiger partial charge on any atom is -0.370 e. The van der Waals surface area contributed by atoms with E-state index in [4.69, 9.17) is 4.74 Å². The Labute approximate surface area is 199 Å². The highest BCUT2D eigenvalue weighted by Crippen LogP contribution is 2.38. The molecule has 2 amide bonds. The number of carbonyl (C=O) groups is 2. The fourth-order valence-corrected chi connectivity index (χ4v) is 5.36. The van der Waals surface area contributed by atoms with E-state index in [1.54, 1.807) is 23.8 Å². The van der Waals surface area contributed by atoms with Gasteiger partial charge in [0.1, 0.15) is 18.3 Å². The number of aromatic nitrogens is 3. The highest BCUT2D eigenvalue weighted by atomic mass is 16.5. The van der Waals surface area contributed by atoms with E-state index in [-0.39, 0.29) is 24.5 Å². The molecule has 1 saturated heterocycles. The lowest BCUT2D eigenvalue weighted by molar-refractivity contribution is -0.154. The lowest BCUT2D eigenvalue weighted by Gasteiger charge is -2.38. The van der Waals surface area contributed by atoms with Crippen LogP contribution in [0.1, 0.15) is 45.4 Å². The van der Waals surface area contributed by atoms with Gasteiger partial charge in [0.05, 0.1) is 18.3 Å². The maximum absolute atomic E-state index is 13.2. The Morgan fingerprint density at radius 2 is 2.12 bits per heavy atom. The summed E-state index contributed by atoms with van der Waals surface area (Å²) < 4.78 is 5.30. The monoisotopic (exact) mass is 463 g/mol. The lowest BCUT2D eigenvalue weighted by atomic mass is 9.76. The predicted molar refractivity (Wildman–Crippen MR) is 132 cm³/mol. The van der Waals surface area contributed by atoms with E-state index in [1.807, 2.05) is 25.1 Å². The second-order valence-electron chi connectivity index (χ2n) is 10.6. The van der Waals surface area contributed by atoms with E-state index >= 15 is 0 Å². The van der Waals surface area contributed by atoms with Crippen LogP contribution >= 0.6 is 0 Å². The number of hydrogen-bond donors (Lipinski definition) is 2. The first-order chi connectivity index (χ1) is 16.1. The SMILES string of the molecule is CC1COCC(=O)N1C(C)C(=O)N(C)c1ccc2cc(-c3n[nH]c4c3CCC(C)(C)C4)[nH]c2c1. The first-order valence-electron chi connectivity index (χ1n) is 12.0. The molecule has 2 aromatic heterocycles. The summed E-state index contributed by atoms with van der Waals surface area (Å²) >= 11 is 0. The van der Waals surface area contributed by atoms with E-state index in [0.29, 0.717) is 12.0 Å². The van der Waals surface area contributed by atoms with Crippen molar-refractivity contribution < 1.29 is 14.3 Å². The largest absolute Gasteiger partial charge is 0.370 e. The topological polar surface area (TPSA) is 94.3 Å². The second-order valence-corrected chi connectivity index (χ2v) is 10.6. The number of anilines is 1. The molecule has 2 atom stereocenters. The van der Waals surface area contributed by atoms with Crippen molar-refractivity contribution in [1.29, 1.82) is 0 Å². The van der Waals surface area contributed by atoms with Crippen LogP contribution in [-0.2, 0) is 27.2 Å². The molecule has 0 radical (unpaired) electrons. The van der Waals surface area contributed by atoms with Crippen molar-refractivity contribution in [2.24, 2.45) is 5.41 Å². The Kier molecular flexibility index (Phi) is 5.51. The van der Waals surface area contributed by atoms with E-state index in [2.05, 4.69) is 35.1 Å². The Morgan fingerprint density at radius 1 is 1.32 bits per heavy atom. The summed E-state index contributed by atoms with van der Waals surface area (Å²) in [4.78, 5) is 32.4. The molecule has 1 aromatic carbocycles. The number of aromatic amines is 2. The van der Waals surface area contributed by atoms with Crippen molar-refractivity contribution in [3.05, 3.63) is 35.5 Å². The average Bonchev–Trinajstić information content (AvgIpc) is 3.39. The normalized spacial score (nSPS) is 20.9. The highest BCUT2D eigenvalue weighted by Gasteiger charge is 2.35. The van der Waals surface area contributed by atoms with Gasteiger partial charge < -0.3 is 19.5 Å². The van der Waals surface area contributed by atoms with Gasteiger partial charge in [0, 0.05) is 34.9 Å². The fraction of sp³-hybridized carbons (Fsp3) is 0.500. The number of benzene rings is 1. The number of amides is 2. The summed E-state index contributed by atoms with van der Waals surface area (Å²) in [5, 5.41) is 8.96. The number of morpholine rings is 1. The van der Waals surface area contributed by atoms with Crippen molar-refractivity contribution >= 4 is 28.4 Å². The smallest absolute Gasteiger partial charge is 0.249 e. The zero-order chi connectivity index (χ0) is 24.2. The van der Waals surface area contributed by atoms with Crippen molar-refractivity contribution in [3.8, 4) is 11.4 Å². The minimum absolute atomic E-state index is 0.0251. The molecular formula is C26H33N5O3. The quantitative estimate of drug-likeness (QED) is 0.617. The fourth-order valence-electron chi connectivity index (χ4n) is 5.36. The first-order valence-corrected chi connectivity index (χ1v) is 12.0. The molecule has 8 nitrogen and oxygen atoms in total. The van der Waals surface area contributed by atoms with E-state index in [0.717, 1.165) is 47.2 Å². The number of hydrogen-bond acceptors (Lipinski definition) is 4. The molecular weight excluding hydrogens is 430 g/mol. The Hall–Kier alpha value is -3.13. The molecule has 2 unspecified atom stereocenters. The van der Waals surface area contributed by atoms with E-state index in [9.17, 15) is 9.59 Å². The standard InChI is InChI=1S/C26H33N5O3/c1-15-13-34-14-23(32)31(15)16(2)25(33)30(5)18-7-6-17-10-21(27-20(17)11-18)24-19-8-9-26(3,4)12-22(19)28-29-24/h6-7,10-11,15-16,27H,8-9,12-14H2,1-5H3,(H,28,29). The number of carbonyl (C=O) groups excluding carboxylic acids is 2. The molecule has 3 aromatic rings. The molecule has 0 spiro atoms. The molecule has 2 aliphatic rings. The molecule has 0 saturated carbocycles. The zero-order valence-electron chi connectivity index (χ0n) is 20.6. The number of rotatable bonds is 4. The third-order valence-electron chi connectivity index (χ3n) is 7.36. The van der Waals surface area contributed by atoms with Gasteiger partial charge in [0.2, 0.25) is 11.8 Å². The molecule has 2 N–H and O–H groups in total. The molecule has 3 heterocycles.